The Balaban J connectivity index is 1.85. The van der Waals surface area contributed by atoms with Crippen LogP contribution in [-0.2, 0) is 6.42 Å². The van der Waals surface area contributed by atoms with Crippen molar-refractivity contribution >= 4 is 28.5 Å². The first-order valence-electron chi connectivity index (χ1n) is 9.21. The summed E-state index contributed by atoms with van der Waals surface area (Å²) < 4.78 is 0. The number of hydrogen-bond acceptors (Lipinski definition) is 3. The molecule has 0 radical (unpaired) electrons. The lowest BCUT2D eigenvalue weighted by molar-refractivity contribution is 0.0928. The smallest absolute Gasteiger partial charge is 0.254 e. The van der Waals surface area contributed by atoms with Gasteiger partial charge >= 0.3 is 0 Å². The maximum absolute atomic E-state index is 13.0. The highest BCUT2D eigenvalue weighted by molar-refractivity contribution is 7.16. The molecule has 0 aliphatic heterocycles. The maximum Gasteiger partial charge on any atom is 0.254 e. The fourth-order valence-electron chi connectivity index (χ4n) is 3.49. The summed E-state index contributed by atoms with van der Waals surface area (Å²) in [5.74, 6) is 0.0494. The standard InChI is InChI=1S/C21H26N2OS/c1-3-18-15(2)25-21(22-14-16-10-6-4-7-11-16)19(18)20(24)23-17-12-8-5-9-13-17/h4,6-7,10-11,14,17H,3,5,8-9,12-13H2,1-2H3,(H,23,24)/b22-14+. The van der Waals surface area contributed by atoms with Crippen LogP contribution < -0.4 is 5.32 Å². The fourth-order valence-corrected chi connectivity index (χ4v) is 4.57. The molecule has 1 aromatic carbocycles. The minimum atomic E-state index is 0.0494. The van der Waals surface area contributed by atoms with E-state index in [9.17, 15) is 4.79 Å². The highest BCUT2D eigenvalue weighted by Crippen LogP contribution is 2.36. The Hall–Kier alpha value is -1.94. The minimum absolute atomic E-state index is 0.0494. The predicted octanol–water partition coefficient (Wildman–Crippen LogP) is 5.43. The largest absolute Gasteiger partial charge is 0.349 e. The van der Waals surface area contributed by atoms with E-state index in [4.69, 9.17) is 0 Å². The van der Waals surface area contributed by atoms with Gasteiger partial charge in [-0.2, -0.15) is 0 Å². The van der Waals surface area contributed by atoms with E-state index >= 15 is 0 Å². The van der Waals surface area contributed by atoms with Gasteiger partial charge in [-0.15, -0.1) is 11.3 Å². The molecule has 3 rings (SSSR count). The van der Waals surface area contributed by atoms with Gasteiger partial charge in [-0.1, -0.05) is 56.5 Å². The molecule has 4 heteroatoms. The Bertz CT molecular complexity index is 743. The Morgan fingerprint density at radius 3 is 2.64 bits per heavy atom. The third-order valence-corrected chi connectivity index (χ3v) is 5.90. The van der Waals surface area contributed by atoms with Crippen LogP contribution in [-0.4, -0.2) is 18.2 Å². The fraction of sp³-hybridized carbons (Fsp3) is 0.429. The quantitative estimate of drug-likeness (QED) is 0.715. The summed E-state index contributed by atoms with van der Waals surface area (Å²) in [6, 6.07) is 10.3. The first-order valence-corrected chi connectivity index (χ1v) is 10.0. The number of rotatable bonds is 5. The Kier molecular flexibility index (Phi) is 6.03. The van der Waals surface area contributed by atoms with Crippen molar-refractivity contribution in [1.82, 2.24) is 5.32 Å². The van der Waals surface area contributed by atoms with Gasteiger partial charge in [0.2, 0.25) is 0 Å². The molecule has 0 bridgehead atoms. The average Bonchev–Trinajstić information content (AvgIpc) is 2.97. The van der Waals surface area contributed by atoms with Gasteiger partial charge < -0.3 is 5.32 Å². The van der Waals surface area contributed by atoms with Crippen molar-refractivity contribution in [3.8, 4) is 0 Å². The van der Waals surface area contributed by atoms with Gasteiger partial charge in [0.15, 0.2) is 0 Å². The zero-order chi connectivity index (χ0) is 17.6. The van der Waals surface area contributed by atoms with Crippen LogP contribution in [0.2, 0.25) is 0 Å². The molecule has 0 spiro atoms. The molecule has 1 saturated carbocycles. The van der Waals surface area contributed by atoms with E-state index in [2.05, 4.69) is 24.2 Å². The molecule has 2 aromatic rings. The highest BCUT2D eigenvalue weighted by Gasteiger charge is 2.23. The number of nitrogens with zero attached hydrogens (tertiary/aromatic N) is 1. The van der Waals surface area contributed by atoms with Crippen LogP contribution in [0.1, 0.15) is 65.4 Å². The maximum atomic E-state index is 13.0. The second kappa shape index (κ2) is 8.43. The molecular weight excluding hydrogens is 328 g/mol. The third kappa shape index (κ3) is 4.37. The Morgan fingerprint density at radius 1 is 1.24 bits per heavy atom. The van der Waals surface area contributed by atoms with Crippen LogP contribution >= 0.6 is 11.3 Å². The summed E-state index contributed by atoms with van der Waals surface area (Å²) in [6.45, 7) is 4.19. The number of thiophene rings is 1. The molecule has 3 nitrogen and oxygen atoms in total. The summed E-state index contributed by atoms with van der Waals surface area (Å²) in [6.07, 6.45) is 8.62. The Morgan fingerprint density at radius 2 is 1.96 bits per heavy atom. The summed E-state index contributed by atoms with van der Waals surface area (Å²) in [4.78, 5) is 18.8. The molecule has 0 atom stereocenters. The molecule has 1 heterocycles. The number of carbonyl (C=O) groups is 1. The molecule has 1 N–H and O–H groups in total. The molecule has 1 aliphatic carbocycles. The van der Waals surface area contributed by atoms with Gasteiger partial charge in [0.05, 0.1) is 5.56 Å². The highest BCUT2D eigenvalue weighted by atomic mass is 32.1. The van der Waals surface area contributed by atoms with Crippen LogP contribution in [0.4, 0.5) is 5.00 Å². The van der Waals surface area contributed by atoms with Crippen molar-refractivity contribution in [3.63, 3.8) is 0 Å². The van der Waals surface area contributed by atoms with Crippen LogP contribution in [0.5, 0.6) is 0 Å². The Labute approximate surface area is 154 Å². The van der Waals surface area contributed by atoms with Gasteiger partial charge in [0.1, 0.15) is 5.00 Å². The van der Waals surface area contributed by atoms with E-state index in [0.717, 1.165) is 41.0 Å². The predicted molar refractivity (Wildman–Crippen MR) is 106 cm³/mol. The lowest BCUT2D eigenvalue weighted by Crippen LogP contribution is -2.36. The van der Waals surface area contributed by atoms with E-state index in [0.29, 0.717) is 6.04 Å². The van der Waals surface area contributed by atoms with Gasteiger partial charge in [0, 0.05) is 17.1 Å². The summed E-state index contributed by atoms with van der Waals surface area (Å²) in [5, 5.41) is 4.08. The summed E-state index contributed by atoms with van der Waals surface area (Å²) >= 11 is 1.62. The number of amides is 1. The molecule has 0 saturated heterocycles. The molecule has 1 aliphatic rings. The molecular formula is C21H26N2OS. The molecule has 0 unspecified atom stereocenters. The van der Waals surface area contributed by atoms with Crippen molar-refractivity contribution in [2.24, 2.45) is 4.99 Å². The third-order valence-electron chi connectivity index (χ3n) is 4.84. The van der Waals surface area contributed by atoms with E-state index in [1.165, 1.54) is 24.1 Å². The van der Waals surface area contributed by atoms with Crippen molar-refractivity contribution in [1.29, 1.82) is 0 Å². The van der Waals surface area contributed by atoms with E-state index < -0.39 is 0 Å². The van der Waals surface area contributed by atoms with Crippen LogP contribution in [0.3, 0.4) is 0 Å². The molecule has 1 aromatic heterocycles. The number of aliphatic imine (C=N–C) groups is 1. The summed E-state index contributed by atoms with van der Waals surface area (Å²) in [5.41, 5.74) is 2.96. The lowest BCUT2D eigenvalue weighted by Gasteiger charge is -2.23. The monoisotopic (exact) mass is 354 g/mol. The van der Waals surface area contributed by atoms with Crippen molar-refractivity contribution < 1.29 is 4.79 Å². The normalized spacial score (nSPS) is 15.6. The zero-order valence-corrected chi connectivity index (χ0v) is 15.9. The topological polar surface area (TPSA) is 41.5 Å². The second-order valence-electron chi connectivity index (χ2n) is 6.65. The SMILES string of the molecule is CCc1c(C)sc(/N=C/c2ccccc2)c1C(=O)NC1CCCCC1. The number of nitrogens with one attached hydrogen (secondary N) is 1. The van der Waals surface area contributed by atoms with E-state index in [-0.39, 0.29) is 5.91 Å². The van der Waals surface area contributed by atoms with Crippen LogP contribution in [0, 0.1) is 6.92 Å². The van der Waals surface area contributed by atoms with Gasteiger partial charge in [-0.25, -0.2) is 4.99 Å². The molecule has 1 amide bonds. The van der Waals surface area contributed by atoms with Crippen molar-refractivity contribution in [3.05, 3.63) is 51.9 Å². The van der Waals surface area contributed by atoms with Crippen LogP contribution in [0.15, 0.2) is 35.3 Å². The second-order valence-corrected chi connectivity index (χ2v) is 7.85. The first-order chi connectivity index (χ1) is 12.2. The number of benzene rings is 1. The van der Waals surface area contributed by atoms with Crippen LogP contribution in [0.25, 0.3) is 0 Å². The van der Waals surface area contributed by atoms with Gasteiger partial charge in [-0.05, 0) is 37.3 Å². The summed E-state index contributed by atoms with van der Waals surface area (Å²) in [7, 11) is 0. The number of hydrogen-bond donors (Lipinski definition) is 1. The average molecular weight is 355 g/mol. The van der Waals surface area contributed by atoms with E-state index in [1.807, 2.05) is 36.5 Å². The minimum Gasteiger partial charge on any atom is -0.349 e. The first kappa shape index (κ1) is 17.9. The van der Waals surface area contributed by atoms with Gasteiger partial charge in [0.25, 0.3) is 5.91 Å². The van der Waals surface area contributed by atoms with Gasteiger partial charge in [-0.3, -0.25) is 4.79 Å². The molecule has 1 fully saturated rings. The van der Waals surface area contributed by atoms with Crippen molar-refractivity contribution in [2.75, 3.05) is 0 Å². The molecule has 25 heavy (non-hydrogen) atoms. The molecule has 132 valence electrons. The number of aryl methyl sites for hydroxylation is 1. The van der Waals surface area contributed by atoms with Crippen molar-refractivity contribution in [2.45, 2.75) is 58.4 Å². The number of carbonyl (C=O) groups excluding carboxylic acids is 1. The zero-order valence-electron chi connectivity index (χ0n) is 15.0. The van der Waals surface area contributed by atoms with E-state index in [1.54, 1.807) is 11.3 Å². The lowest BCUT2D eigenvalue weighted by atomic mass is 9.95.